The van der Waals surface area contributed by atoms with Crippen molar-refractivity contribution >= 4 is 17.0 Å². The number of ether oxygens (including phenoxy) is 2. The molecule has 0 aliphatic carbocycles. The molecule has 3 aromatic rings. The van der Waals surface area contributed by atoms with Crippen LogP contribution in [0.25, 0.3) is 11.0 Å². The van der Waals surface area contributed by atoms with Gasteiger partial charge in [0.25, 0.3) is 0 Å². The minimum absolute atomic E-state index is 0.540. The van der Waals surface area contributed by atoms with Crippen LogP contribution in [0.2, 0.25) is 0 Å². The molecule has 0 radical (unpaired) electrons. The van der Waals surface area contributed by atoms with Gasteiger partial charge in [0.05, 0.1) is 24.7 Å². The third-order valence-electron chi connectivity index (χ3n) is 4.42. The molecule has 0 unspecified atom stereocenters. The summed E-state index contributed by atoms with van der Waals surface area (Å²) in [5.41, 5.74) is 2.18. The number of aryl methyl sites for hydroxylation is 1. The van der Waals surface area contributed by atoms with Crippen LogP contribution < -0.4 is 20.1 Å². The largest absolute Gasteiger partial charge is 0.497 e. The Morgan fingerprint density at radius 1 is 1.04 bits per heavy atom. The van der Waals surface area contributed by atoms with E-state index in [2.05, 4.69) is 31.2 Å². The number of nitrogens with zero attached hydrogens (tertiary/aromatic N) is 3. The molecule has 7 heteroatoms. The van der Waals surface area contributed by atoms with Crippen molar-refractivity contribution in [1.29, 1.82) is 0 Å². The Balaban J connectivity index is 1.41. The Morgan fingerprint density at radius 2 is 1.75 bits per heavy atom. The summed E-state index contributed by atoms with van der Waals surface area (Å²) in [6.07, 6.45) is 0. The Morgan fingerprint density at radius 3 is 2.50 bits per heavy atom. The average Bonchev–Trinajstić information content (AvgIpc) is 3.05. The first-order valence-electron chi connectivity index (χ1n) is 9.34. The fourth-order valence-corrected chi connectivity index (χ4v) is 3.00. The number of benzene rings is 2. The van der Waals surface area contributed by atoms with Crippen LogP contribution in [0.3, 0.4) is 0 Å². The lowest BCUT2D eigenvalue weighted by atomic mass is 10.3. The molecule has 1 heterocycles. The molecule has 0 aliphatic rings. The molecule has 0 amide bonds. The maximum Gasteiger partial charge on any atom is 0.191 e. The molecule has 148 valence electrons. The summed E-state index contributed by atoms with van der Waals surface area (Å²) >= 11 is 0. The first-order chi connectivity index (χ1) is 13.7. The molecular formula is C21H27N5O2. The quantitative estimate of drug-likeness (QED) is 0.356. The number of methoxy groups -OCH3 is 1. The standard InChI is InChI=1S/C21H27N5O2/c1-16-25-19-6-4-5-7-20(19)26(16)14-12-23-21(22-2)24-13-15-28-18-10-8-17(27-3)9-11-18/h4-11H,12-15H2,1-3H3,(H2,22,23,24). The van der Waals surface area contributed by atoms with Crippen molar-refractivity contribution in [1.82, 2.24) is 20.2 Å². The smallest absolute Gasteiger partial charge is 0.191 e. The third kappa shape index (κ3) is 4.94. The summed E-state index contributed by atoms with van der Waals surface area (Å²) in [4.78, 5) is 8.85. The molecule has 1 aromatic heterocycles. The van der Waals surface area contributed by atoms with E-state index < -0.39 is 0 Å². The molecule has 0 saturated carbocycles. The predicted molar refractivity (Wildman–Crippen MR) is 112 cm³/mol. The second-order valence-corrected chi connectivity index (χ2v) is 6.25. The number of imidazole rings is 1. The zero-order chi connectivity index (χ0) is 19.8. The maximum atomic E-state index is 5.71. The van der Waals surface area contributed by atoms with Crippen LogP contribution in [0.15, 0.2) is 53.5 Å². The van der Waals surface area contributed by atoms with Crippen LogP contribution in [0.4, 0.5) is 0 Å². The van der Waals surface area contributed by atoms with Crippen LogP contribution >= 0.6 is 0 Å². The van der Waals surface area contributed by atoms with Crippen molar-refractivity contribution in [2.24, 2.45) is 4.99 Å². The first-order valence-corrected chi connectivity index (χ1v) is 9.34. The Hall–Kier alpha value is -3.22. The van der Waals surface area contributed by atoms with E-state index in [0.29, 0.717) is 13.2 Å². The number of aliphatic imine (C=N–C) groups is 1. The summed E-state index contributed by atoms with van der Waals surface area (Å²) in [5.74, 6) is 3.39. The minimum atomic E-state index is 0.540. The van der Waals surface area contributed by atoms with E-state index in [1.165, 1.54) is 0 Å². The van der Waals surface area contributed by atoms with Crippen molar-refractivity contribution < 1.29 is 9.47 Å². The van der Waals surface area contributed by atoms with E-state index >= 15 is 0 Å². The third-order valence-corrected chi connectivity index (χ3v) is 4.42. The van der Waals surface area contributed by atoms with E-state index in [9.17, 15) is 0 Å². The zero-order valence-corrected chi connectivity index (χ0v) is 16.6. The van der Waals surface area contributed by atoms with E-state index in [1.54, 1.807) is 14.2 Å². The number of rotatable bonds is 8. The molecule has 0 bridgehead atoms. The Bertz CT molecular complexity index is 918. The van der Waals surface area contributed by atoms with Gasteiger partial charge in [-0.1, -0.05) is 12.1 Å². The lowest BCUT2D eigenvalue weighted by Crippen LogP contribution is -2.40. The first kappa shape index (κ1) is 19.5. The molecule has 2 aromatic carbocycles. The van der Waals surface area contributed by atoms with Gasteiger partial charge >= 0.3 is 0 Å². The van der Waals surface area contributed by atoms with Crippen LogP contribution in [0.1, 0.15) is 5.82 Å². The van der Waals surface area contributed by atoms with Gasteiger partial charge in [-0.2, -0.15) is 0 Å². The van der Waals surface area contributed by atoms with Crippen molar-refractivity contribution in [2.75, 3.05) is 33.9 Å². The Labute approximate surface area is 165 Å². The van der Waals surface area contributed by atoms with E-state index in [4.69, 9.17) is 9.47 Å². The highest BCUT2D eigenvalue weighted by Crippen LogP contribution is 2.17. The number of hydrogen-bond acceptors (Lipinski definition) is 4. The molecular weight excluding hydrogens is 354 g/mol. The van der Waals surface area contributed by atoms with Crippen LogP contribution in [0.5, 0.6) is 11.5 Å². The van der Waals surface area contributed by atoms with Gasteiger partial charge in [-0.05, 0) is 43.3 Å². The highest BCUT2D eigenvalue weighted by atomic mass is 16.5. The van der Waals surface area contributed by atoms with Crippen molar-refractivity contribution in [3.63, 3.8) is 0 Å². The SMILES string of the molecule is CN=C(NCCOc1ccc(OC)cc1)NCCn1c(C)nc2ccccc21. The maximum absolute atomic E-state index is 5.71. The summed E-state index contributed by atoms with van der Waals surface area (Å²) < 4.78 is 13.1. The number of fused-ring (bicyclic) bond motifs is 1. The molecule has 0 atom stereocenters. The lowest BCUT2D eigenvalue weighted by Gasteiger charge is -2.13. The molecule has 0 fully saturated rings. The van der Waals surface area contributed by atoms with Gasteiger partial charge < -0.3 is 24.7 Å². The topological polar surface area (TPSA) is 72.7 Å². The normalized spacial score (nSPS) is 11.5. The molecule has 7 nitrogen and oxygen atoms in total. The van der Waals surface area contributed by atoms with Crippen LogP contribution in [-0.2, 0) is 6.54 Å². The lowest BCUT2D eigenvalue weighted by molar-refractivity contribution is 0.321. The highest BCUT2D eigenvalue weighted by molar-refractivity contribution is 5.79. The summed E-state index contributed by atoms with van der Waals surface area (Å²) in [6, 6.07) is 15.7. The van der Waals surface area contributed by atoms with Crippen LogP contribution in [0, 0.1) is 6.92 Å². The van der Waals surface area contributed by atoms with E-state index in [0.717, 1.165) is 47.4 Å². The number of para-hydroxylation sites is 2. The monoisotopic (exact) mass is 381 g/mol. The van der Waals surface area contributed by atoms with Gasteiger partial charge in [-0.3, -0.25) is 4.99 Å². The zero-order valence-electron chi connectivity index (χ0n) is 16.6. The van der Waals surface area contributed by atoms with Crippen molar-refractivity contribution in [2.45, 2.75) is 13.5 Å². The molecule has 2 N–H and O–H groups in total. The highest BCUT2D eigenvalue weighted by Gasteiger charge is 2.06. The fourth-order valence-electron chi connectivity index (χ4n) is 3.00. The summed E-state index contributed by atoms with van der Waals surface area (Å²) in [5, 5.41) is 6.59. The Kier molecular flexibility index (Phi) is 6.73. The molecule has 3 rings (SSSR count). The number of hydrogen-bond donors (Lipinski definition) is 2. The number of guanidine groups is 1. The van der Waals surface area contributed by atoms with Gasteiger partial charge in [0, 0.05) is 20.1 Å². The predicted octanol–water partition coefficient (Wildman–Crippen LogP) is 2.60. The number of aromatic nitrogens is 2. The van der Waals surface area contributed by atoms with Gasteiger partial charge in [-0.25, -0.2) is 4.98 Å². The second kappa shape index (κ2) is 9.64. The van der Waals surface area contributed by atoms with Gasteiger partial charge in [0.2, 0.25) is 0 Å². The molecule has 0 aliphatic heterocycles. The molecule has 28 heavy (non-hydrogen) atoms. The molecule has 0 saturated heterocycles. The van der Waals surface area contributed by atoms with E-state index in [-0.39, 0.29) is 0 Å². The number of nitrogens with one attached hydrogen (secondary N) is 2. The average molecular weight is 381 g/mol. The van der Waals surface area contributed by atoms with E-state index in [1.807, 2.05) is 49.4 Å². The molecule has 0 spiro atoms. The summed E-state index contributed by atoms with van der Waals surface area (Å²) in [6.45, 7) is 4.79. The minimum Gasteiger partial charge on any atom is -0.497 e. The van der Waals surface area contributed by atoms with Crippen molar-refractivity contribution in [3.8, 4) is 11.5 Å². The summed E-state index contributed by atoms with van der Waals surface area (Å²) in [7, 11) is 3.41. The second-order valence-electron chi connectivity index (χ2n) is 6.25. The fraction of sp³-hybridized carbons (Fsp3) is 0.333. The van der Waals surface area contributed by atoms with Gasteiger partial charge in [-0.15, -0.1) is 0 Å². The van der Waals surface area contributed by atoms with Crippen LogP contribution in [-0.4, -0.2) is 49.4 Å². The van der Waals surface area contributed by atoms with Gasteiger partial charge in [0.1, 0.15) is 23.9 Å². The van der Waals surface area contributed by atoms with Crippen molar-refractivity contribution in [3.05, 3.63) is 54.4 Å². The van der Waals surface area contributed by atoms with Gasteiger partial charge in [0.15, 0.2) is 5.96 Å².